The summed E-state index contributed by atoms with van der Waals surface area (Å²) in [6, 6.07) is 25.1. The molecule has 7 aliphatic heterocycles. The topological polar surface area (TPSA) is 99.9 Å². The Hall–Kier alpha value is -5.61. The number of piperazine rings is 1. The number of benzene rings is 4. The van der Waals surface area contributed by atoms with Gasteiger partial charge in [-0.25, -0.2) is 17.6 Å². The summed E-state index contributed by atoms with van der Waals surface area (Å²) in [6.07, 6.45) is 24.4. The molecule has 7 fully saturated rings. The molecule has 0 unspecified atom stereocenters. The molecule has 12 nitrogen and oxygen atoms in total. The van der Waals surface area contributed by atoms with Crippen LogP contribution in [0.15, 0.2) is 91.3 Å². The van der Waals surface area contributed by atoms with E-state index in [1.165, 1.54) is 289 Å². The van der Waals surface area contributed by atoms with Crippen molar-refractivity contribution in [1.29, 1.82) is 5.26 Å². The third kappa shape index (κ3) is 60.5. The van der Waals surface area contributed by atoms with Crippen LogP contribution in [0.4, 0.5) is 17.6 Å². The first kappa shape index (κ1) is 140. The number of halogens is 4. The fraction of sp³-hybridized carbons (Fsp3) is 0.765. The molecule has 0 saturated carbocycles. The molecular formula is C132H234F4N10O2. The lowest BCUT2D eigenvalue weighted by Gasteiger charge is -2.38. The van der Waals surface area contributed by atoms with Crippen LogP contribution in [0.1, 0.15) is 428 Å². The summed E-state index contributed by atoms with van der Waals surface area (Å²) in [6.45, 7) is 124. The van der Waals surface area contributed by atoms with Gasteiger partial charge >= 0.3 is 0 Å². The summed E-state index contributed by atoms with van der Waals surface area (Å²) < 4.78 is 51.6. The number of nitrogens with zero attached hydrogens (tertiary/aromatic N) is 10. The van der Waals surface area contributed by atoms with E-state index in [4.69, 9.17) is 10.4 Å². The molecule has 12 rings (SSSR count). The van der Waals surface area contributed by atoms with Crippen LogP contribution in [-0.2, 0) is 31.9 Å². The number of rotatable bonds is 11. The Bertz CT molecular complexity index is 4190. The van der Waals surface area contributed by atoms with Crippen molar-refractivity contribution < 1.29 is 27.5 Å². The van der Waals surface area contributed by atoms with Gasteiger partial charge < -0.3 is 44.3 Å². The molecule has 0 atom stereocenters. The summed E-state index contributed by atoms with van der Waals surface area (Å²) in [5.41, 5.74) is 15.4. The second kappa shape index (κ2) is 65.4. The third-order valence-electron chi connectivity index (χ3n) is 31.1. The van der Waals surface area contributed by atoms with Crippen LogP contribution >= 0.6 is 0 Å². The minimum atomic E-state index is -0.514. The molecular weight excluding hydrogens is 1830 g/mol. The van der Waals surface area contributed by atoms with Crippen molar-refractivity contribution in [3.05, 3.63) is 170 Å². The van der Waals surface area contributed by atoms with Gasteiger partial charge in [-0.3, -0.25) is 9.78 Å². The lowest BCUT2D eigenvalue weighted by atomic mass is 9.75. The number of likely N-dealkylation sites (N-methyl/N-ethyl adjacent to an activating group) is 1. The summed E-state index contributed by atoms with van der Waals surface area (Å²) >= 11 is 0. The number of amides is 1. The standard InChI is InChI=1S/C12H22N2.C12H26N2.C12H25N.2C12H18.C11H21NO.C11H23NO.2C10H12F2.C10H21N.C10H15N.C10H21N/c1-12(2,3)11-5-9-14(10-6-11)8-4-7-13;1-5-13-8-10-14(11-9-13)7-6-12(2,3)4;1-5-8-13-9-6-11(7-10-13)12(2,3)4;1-9-6-10(2)8-11(7-9)12(3,4)5;1-9-7-6-8-10(2)11(9)12(3,4)5;1-9(13)12-7-5-10(6-8-12)11(2,3)4;1-11(2,3)10-4-6-12(7-5-10)8-9-13;1-10(2,3)7-4-8(11)6-9(12)5-7;1-10(2,3)9-7(11)5-4-6-8(9)12;1-10(2,3)9-5-7-11(4)8-6-9;1-8-5-6-11-7-9(8)10(2,3)4;1-10(2,3)6-9-11-7-4-5-8-11/h11H,4-6,8-10H2,1-3H3;5-11H2,1-4H3;11H,5-10H2,1-4H3;2*6-8H,1-5H3;10H,5-8H2,1-4H3;10,13H,4-9H2,1-3H3;2*4-6H,1-3H3;9H,5-8H2,1-4H3;5-7H,1-4H3;4-9H2,1-3H3. The zero-order valence-corrected chi connectivity index (χ0v) is 105. The maximum atomic E-state index is 13.1. The number of hydrogen-bond donors (Lipinski definition) is 1. The van der Waals surface area contributed by atoms with Crippen LogP contribution in [0.3, 0.4) is 0 Å². The first-order valence-corrected chi connectivity index (χ1v) is 58.0. The summed E-state index contributed by atoms with van der Waals surface area (Å²) in [5, 5.41) is 17.3. The van der Waals surface area contributed by atoms with Crippen molar-refractivity contribution in [3.8, 4) is 6.07 Å². The summed E-state index contributed by atoms with van der Waals surface area (Å²) in [7, 11) is 2.22. The monoisotopic (exact) mass is 2070 g/mol. The number of pyridine rings is 1. The molecule has 852 valence electrons. The molecule has 5 aromatic rings. The number of nitriles is 1. The molecule has 0 spiro atoms. The van der Waals surface area contributed by atoms with E-state index in [0.717, 1.165) is 61.8 Å². The fourth-order valence-electron chi connectivity index (χ4n) is 20.8. The number of carbonyl (C=O) groups is 1. The Kier molecular flexibility index (Phi) is 62.1. The van der Waals surface area contributed by atoms with Gasteiger partial charge in [-0.15, -0.1) is 0 Å². The van der Waals surface area contributed by atoms with Crippen LogP contribution in [0.2, 0.25) is 0 Å². The lowest BCUT2D eigenvalue weighted by molar-refractivity contribution is -0.130. The summed E-state index contributed by atoms with van der Waals surface area (Å²) in [4.78, 5) is 34.7. The normalized spacial score (nSPS) is 17.7. The Labute approximate surface area is 913 Å². The van der Waals surface area contributed by atoms with Crippen LogP contribution in [-0.4, -0.2) is 213 Å². The van der Waals surface area contributed by atoms with Gasteiger partial charge in [0.25, 0.3) is 0 Å². The van der Waals surface area contributed by atoms with E-state index in [1.807, 2.05) is 38.1 Å². The van der Waals surface area contributed by atoms with Gasteiger partial charge in [0.2, 0.25) is 5.91 Å². The minimum Gasteiger partial charge on any atom is -0.395 e. The maximum absolute atomic E-state index is 13.1. The highest BCUT2D eigenvalue weighted by Gasteiger charge is 2.35. The Balaban J connectivity index is 0.000000808. The molecule has 0 bridgehead atoms. The van der Waals surface area contributed by atoms with Crippen molar-refractivity contribution in [1.82, 2.24) is 44.2 Å². The number of likely N-dealkylation sites (tertiary alicyclic amines) is 6. The molecule has 16 heteroatoms. The second-order valence-electron chi connectivity index (χ2n) is 57.5. The van der Waals surface area contributed by atoms with E-state index >= 15 is 0 Å². The highest BCUT2D eigenvalue weighted by molar-refractivity contribution is 5.73. The van der Waals surface area contributed by atoms with Crippen molar-refractivity contribution in [2.24, 2.45) is 67.5 Å². The molecule has 0 aliphatic carbocycles. The largest absolute Gasteiger partial charge is 0.395 e. The smallest absolute Gasteiger partial charge is 0.219 e. The van der Waals surface area contributed by atoms with Crippen molar-refractivity contribution >= 4 is 5.91 Å². The molecule has 1 N–H and O–H groups in total. The third-order valence-corrected chi connectivity index (χ3v) is 31.1. The van der Waals surface area contributed by atoms with Gasteiger partial charge in [0, 0.05) is 89.7 Å². The van der Waals surface area contributed by atoms with Gasteiger partial charge in [0.1, 0.15) is 23.3 Å². The SMILES string of the molecule is CC(=O)N1CCC(C(C)(C)C)CC1.CC(C)(C)C1CCN(CCC#N)CC1.CC(C)(C)C1CCN(CCO)CC1.CC(C)(C)CCN1CCCC1.CC(C)(C)c1c(F)cccc1F.CC(C)(C)c1cc(F)cc(F)c1.CCCN1CCC(C(C)(C)C)CC1.CCN1CCN(CCC(C)(C)C)CC1.CN1CCC(C(C)(C)C)CC1.Cc1cc(C)cc(C(C)(C)C)c1.Cc1cccc(C)c1C(C)(C)C.Cc1ccncc1C(C)(C)C. The molecule has 7 aliphatic rings. The fourth-order valence-corrected chi connectivity index (χ4v) is 20.8. The molecule has 1 aromatic heterocycles. The number of aromatic nitrogens is 1. The predicted molar refractivity (Wildman–Crippen MR) is 637 cm³/mol. The first-order chi connectivity index (χ1) is 67.8. The molecule has 0 radical (unpaired) electrons. The van der Waals surface area contributed by atoms with E-state index < -0.39 is 28.7 Å². The number of carbonyl (C=O) groups excluding carboxylic acids is 1. The van der Waals surface area contributed by atoms with Crippen molar-refractivity contribution in [3.63, 3.8) is 0 Å². The first-order valence-electron chi connectivity index (χ1n) is 58.0. The van der Waals surface area contributed by atoms with Crippen LogP contribution in [0, 0.1) is 137 Å². The lowest BCUT2D eigenvalue weighted by Crippen LogP contribution is -2.46. The van der Waals surface area contributed by atoms with E-state index in [-0.39, 0.29) is 33.1 Å². The Morgan fingerprint density at radius 2 is 0.696 bits per heavy atom. The molecule has 148 heavy (non-hydrogen) atoms. The summed E-state index contributed by atoms with van der Waals surface area (Å²) in [5.74, 6) is 2.66. The van der Waals surface area contributed by atoms with Crippen molar-refractivity contribution in [2.45, 2.75) is 434 Å². The highest BCUT2D eigenvalue weighted by Crippen LogP contribution is 2.41. The van der Waals surface area contributed by atoms with Gasteiger partial charge in [-0.1, -0.05) is 317 Å². The number of piperidine rings is 5. The quantitative estimate of drug-likeness (QED) is 0.128. The molecule has 8 heterocycles. The van der Waals surface area contributed by atoms with E-state index in [9.17, 15) is 22.4 Å². The highest BCUT2D eigenvalue weighted by atomic mass is 19.1. The number of aryl methyl sites for hydroxylation is 5. The number of aliphatic hydroxyl groups is 1. The van der Waals surface area contributed by atoms with Gasteiger partial charge in [0.15, 0.2) is 0 Å². The van der Waals surface area contributed by atoms with Gasteiger partial charge in [0.05, 0.1) is 12.7 Å². The Morgan fingerprint density at radius 1 is 0.372 bits per heavy atom. The molecule has 4 aromatic carbocycles. The second-order valence-corrected chi connectivity index (χ2v) is 57.5. The van der Waals surface area contributed by atoms with Crippen LogP contribution in [0.5, 0.6) is 0 Å². The van der Waals surface area contributed by atoms with Crippen LogP contribution in [0.25, 0.3) is 0 Å². The van der Waals surface area contributed by atoms with E-state index in [2.05, 4.69) is 351 Å². The Morgan fingerprint density at radius 3 is 0.986 bits per heavy atom. The maximum Gasteiger partial charge on any atom is 0.219 e. The van der Waals surface area contributed by atoms with E-state index in [0.29, 0.717) is 56.5 Å². The number of hydrogen-bond acceptors (Lipinski definition) is 11. The molecule has 1 amide bonds. The van der Waals surface area contributed by atoms with Gasteiger partial charge in [-0.05, 0) is 393 Å². The van der Waals surface area contributed by atoms with Gasteiger partial charge in [-0.2, -0.15) is 5.26 Å². The number of aliphatic hydroxyl groups excluding tert-OH is 1. The van der Waals surface area contributed by atoms with Crippen molar-refractivity contribution in [2.75, 3.05) is 158 Å². The molecule has 7 saturated heterocycles. The minimum absolute atomic E-state index is 0.157. The zero-order valence-electron chi connectivity index (χ0n) is 105. The average Bonchev–Trinajstić information content (AvgIpc) is 1.16. The predicted octanol–water partition coefficient (Wildman–Crippen LogP) is 33.2. The van der Waals surface area contributed by atoms with Crippen LogP contribution < -0.4 is 0 Å². The number of β-amino-alcohol motifs (C(OH)–C–C–N with tert-alkyl or cyclic N) is 1. The zero-order chi connectivity index (χ0) is 114. The van der Waals surface area contributed by atoms with E-state index in [1.54, 1.807) is 27.7 Å². The average molecular weight is 2070 g/mol.